The second-order valence-corrected chi connectivity index (χ2v) is 2.27. The third-order valence-electron chi connectivity index (χ3n) is 0.965. The molecule has 0 fully saturated rings. The van der Waals surface area contributed by atoms with Crippen molar-refractivity contribution in [2.45, 2.75) is 6.92 Å². The third-order valence-corrected chi connectivity index (χ3v) is 0.965. The summed E-state index contributed by atoms with van der Waals surface area (Å²) in [4.78, 5) is 31.6. The molecule has 0 rings (SSSR count). The summed E-state index contributed by atoms with van der Waals surface area (Å²) >= 11 is 0. The Balaban J connectivity index is -0.0000000982. The van der Waals surface area contributed by atoms with Crippen molar-refractivity contribution in [3.05, 3.63) is 26.9 Å². The van der Waals surface area contributed by atoms with Crippen LogP contribution in [0.25, 0.3) is 16.8 Å². The Kier molecular flexibility index (Phi) is 34.8. The minimum atomic E-state index is -1.16. The van der Waals surface area contributed by atoms with E-state index in [1.165, 1.54) is 0 Å². The van der Waals surface area contributed by atoms with E-state index in [9.17, 15) is 9.59 Å². The average molecular weight is 320 g/mol. The van der Waals surface area contributed by atoms with Gasteiger partial charge in [0.1, 0.15) is 0 Å². The van der Waals surface area contributed by atoms with Gasteiger partial charge in [-0.1, -0.05) is 0 Å². The van der Waals surface area contributed by atoms with Crippen LogP contribution < -0.4 is 0 Å². The van der Waals surface area contributed by atoms with Crippen LogP contribution in [-0.2, 0) is 26.4 Å². The van der Waals surface area contributed by atoms with Crippen LogP contribution in [0.1, 0.15) is 6.92 Å². The number of nitrogens with one attached hydrogen (secondary N) is 2. The summed E-state index contributed by atoms with van der Waals surface area (Å²) in [6.07, 6.45) is 1.72. The first-order valence-electron chi connectivity index (χ1n) is 4.60. The summed E-state index contributed by atoms with van der Waals surface area (Å²) in [5, 5.41) is 20.0. The summed E-state index contributed by atoms with van der Waals surface area (Å²) in [5.41, 5.74) is 13.0. The predicted molar refractivity (Wildman–Crippen MR) is 67.4 cm³/mol. The van der Waals surface area contributed by atoms with Crippen LogP contribution >= 0.6 is 0 Å². The molecule has 11 heteroatoms. The van der Waals surface area contributed by atoms with Gasteiger partial charge in [0.2, 0.25) is 0 Å². The Labute approximate surface area is 120 Å². The van der Waals surface area contributed by atoms with E-state index >= 15 is 0 Å². The van der Waals surface area contributed by atoms with Gasteiger partial charge in [-0.3, -0.25) is 9.79 Å². The SMILES string of the molecule is CC=NCC[NH-].O=N[O-].[Co+3].[NH-]CC(=O)[N-]CC(=O)O. The van der Waals surface area contributed by atoms with Crippen molar-refractivity contribution in [3.8, 4) is 0 Å². The predicted octanol–water partition coefficient (Wildman–Crippen LogP) is 1.40. The van der Waals surface area contributed by atoms with Gasteiger partial charge in [-0.25, -0.2) is 0 Å². The third kappa shape index (κ3) is 48.1. The number of carboxylic acid groups (broad SMARTS) is 1. The number of carbonyl (C=O) groups excluding carboxylic acids is 1. The molecular formula is C8H15CoN5O5-. The molecule has 0 saturated carbocycles. The quantitative estimate of drug-likeness (QED) is 0.455. The smallest absolute Gasteiger partial charge is 0.676 e. The second-order valence-electron chi connectivity index (χ2n) is 2.27. The van der Waals surface area contributed by atoms with Crippen LogP contribution in [0.2, 0.25) is 0 Å². The van der Waals surface area contributed by atoms with Crippen molar-refractivity contribution >= 4 is 18.1 Å². The number of hydrogen-bond acceptors (Lipinski definition) is 6. The zero-order valence-electron chi connectivity index (χ0n) is 10.2. The van der Waals surface area contributed by atoms with Gasteiger partial charge in [0.05, 0.1) is 0 Å². The molecule has 0 saturated heterocycles. The topological polar surface area (TPSA) is 181 Å². The number of aliphatic imine (C=N–C) groups is 1. The molecule has 112 valence electrons. The maximum atomic E-state index is 10.1. The molecule has 1 amide bonds. The van der Waals surface area contributed by atoms with E-state index in [0.717, 1.165) is 5.34 Å². The van der Waals surface area contributed by atoms with Crippen molar-refractivity contribution in [1.82, 2.24) is 0 Å². The molecule has 0 aliphatic heterocycles. The fourth-order valence-electron chi connectivity index (χ4n) is 0.405. The number of rotatable bonds is 5. The molecule has 0 aliphatic rings. The van der Waals surface area contributed by atoms with E-state index in [1.54, 1.807) is 6.21 Å². The summed E-state index contributed by atoms with van der Waals surface area (Å²) in [6, 6.07) is 0. The van der Waals surface area contributed by atoms with E-state index in [4.69, 9.17) is 26.7 Å². The van der Waals surface area contributed by atoms with Gasteiger partial charge < -0.3 is 36.8 Å². The summed E-state index contributed by atoms with van der Waals surface area (Å²) in [6.45, 7) is 1.90. The zero-order valence-corrected chi connectivity index (χ0v) is 11.2. The van der Waals surface area contributed by atoms with Crippen molar-refractivity contribution in [2.24, 2.45) is 10.3 Å². The van der Waals surface area contributed by atoms with Crippen LogP contribution in [0.15, 0.2) is 10.3 Å². The minimum absolute atomic E-state index is 0. The fraction of sp³-hybridized carbons (Fsp3) is 0.625. The maximum absolute atomic E-state index is 10.1. The number of amides is 1. The summed E-state index contributed by atoms with van der Waals surface area (Å²) in [7, 11) is 0. The van der Waals surface area contributed by atoms with Gasteiger partial charge in [-0.2, -0.15) is 0 Å². The summed E-state index contributed by atoms with van der Waals surface area (Å²) < 4.78 is 0. The first kappa shape index (κ1) is 26.1. The first-order chi connectivity index (χ1) is 8.49. The van der Waals surface area contributed by atoms with E-state index in [0.29, 0.717) is 13.1 Å². The molecule has 0 aromatic rings. The minimum Gasteiger partial charge on any atom is -0.676 e. The number of hydrogen-bond donors (Lipinski definition) is 1. The average Bonchev–Trinajstić information content (AvgIpc) is 2.35. The van der Waals surface area contributed by atoms with Gasteiger partial charge in [0.15, 0.2) is 0 Å². The molecule has 0 aromatic carbocycles. The molecule has 0 atom stereocenters. The van der Waals surface area contributed by atoms with E-state index in [-0.39, 0.29) is 16.8 Å². The first-order valence-corrected chi connectivity index (χ1v) is 4.60. The van der Waals surface area contributed by atoms with Crippen LogP contribution in [0.4, 0.5) is 0 Å². The number of carboxylic acids is 1. The Morgan fingerprint density at radius 2 is 1.89 bits per heavy atom. The molecule has 3 N–H and O–H groups in total. The normalized spacial score (nSPS) is 7.95. The Morgan fingerprint density at radius 1 is 1.42 bits per heavy atom. The van der Waals surface area contributed by atoms with Crippen molar-refractivity contribution in [1.29, 1.82) is 0 Å². The van der Waals surface area contributed by atoms with E-state index in [1.807, 2.05) is 6.92 Å². The Hall–Kier alpha value is -1.56. The standard InChI is InChI=1S/C4H7N2O3.C4H9N2.Co.HNO2/c5-1-3(7)6-2-4(8)9;1-2-6-4-3-5;;2-1-3/h5H,1-2H2,(H2,6,7,8,9);2,5H,3-4H2,1H3;;(H,2,3)/q2*-1;+3;/p-2. The molecule has 0 bridgehead atoms. The van der Waals surface area contributed by atoms with Crippen LogP contribution in [0.3, 0.4) is 0 Å². The number of carbonyl (C=O) groups is 2. The summed E-state index contributed by atoms with van der Waals surface area (Å²) in [5.74, 6) is -1.85. The molecule has 0 radical (unpaired) electrons. The molecule has 0 spiro atoms. The maximum Gasteiger partial charge on any atom is 3.00 e. The van der Waals surface area contributed by atoms with Gasteiger partial charge >= 0.3 is 16.8 Å². The van der Waals surface area contributed by atoms with Crippen molar-refractivity contribution in [3.63, 3.8) is 0 Å². The molecular weight excluding hydrogens is 305 g/mol. The van der Waals surface area contributed by atoms with Gasteiger partial charge in [0, 0.05) is 12.5 Å². The molecule has 0 aliphatic carbocycles. The monoisotopic (exact) mass is 320 g/mol. The number of nitrogens with zero attached hydrogens (tertiary/aromatic N) is 3. The zero-order chi connectivity index (χ0) is 14.8. The molecule has 10 nitrogen and oxygen atoms in total. The number of aliphatic carboxylic acids is 1. The molecule has 0 unspecified atom stereocenters. The Bertz CT molecular complexity index is 252. The largest absolute Gasteiger partial charge is 3.00 e. The fourth-order valence-corrected chi connectivity index (χ4v) is 0.405. The van der Waals surface area contributed by atoms with Crippen molar-refractivity contribution < 1.29 is 31.5 Å². The van der Waals surface area contributed by atoms with Crippen LogP contribution in [0, 0.1) is 10.1 Å². The van der Waals surface area contributed by atoms with Crippen LogP contribution in [-0.4, -0.2) is 49.4 Å². The second kappa shape index (κ2) is 25.3. The van der Waals surface area contributed by atoms with E-state index in [2.05, 4.69) is 10.3 Å². The van der Waals surface area contributed by atoms with Crippen molar-refractivity contribution in [2.75, 3.05) is 26.2 Å². The molecule has 19 heavy (non-hydrogen) atoms. The van der Waals surface area contributed by atoms with Gasteiger partial charge in [-0.05, 0) is 19.7 Å². The van der Waals surface area contributed by atoms with E-state index < -0.39 is 25.0 Å². The molecule has 0 heterocycles. The molecule has 0 aromatic heterocycles. The van der Waals surface area contributed by atoms with Crippen LogP contribution in [0.5, 0.6) is 0 Å². The van der Waals surface area contributed by atoms with Gasteiger partial charge in [0.25, 0.3) is 5.97 Å². The Morgan fingerprint density at radius 3 is 2.11 bits per heavy atom. The van der Waals surface area contributed by atoms with Gasteiger partial charge in [-0.15, -0.1) is 18.4 Å².